The highest BCUT2D eigenvalue weighted by Gasteiger charge is 2.32. The summed E-state index contributed by atoms with van der Waals surface area (Å²) < 4.78 is 72.6. The molecule has 0 bridgehead atoms. The maximum Gasteiger partial charge on any atom is 0.416 e. The average molecular weight is 366 g/mol. The Morgan fingerprint density at radius 1 is 1.20 bits per heavy atom. The highest BCUT2D eigenvalue weighted by atomic mass is 79.9. The molecule has 0 saturated heterocycles. The van der Waals surface area contributed by atoms with Crippen LogP contribution in [0.25, 0.3) is 0 Å². The summed E-state index contributed by atoms with van der Waals surface area (Å²) in [5.74, 6) is -1.23. The first-order valence-corrected chi connectivity index (χ1v) is 5.65. The largest absolute Gasteiger partial charge is 0.416 e. The lowest BCUT2D eigenvalue weighted by Gasteiger charge is -2.11. The van der Waals surface area contributed by atoms with Crippen LogP contribution in [0.2, 0.25) is 0 Å². The Bertz CT molecular complexity index is 500. The molecule has 0 aromatic heterocycles. The van der Waals surface area contributed by atoms with Gasteiger partial charge in [-0.1, -0.05) is 0 Å². The number of halogens is 7. The molecule has 0 heterocycles. The summed E-state index contributed by atoms with van der Waals surface area (Å²) >= 11 is 2.82. The van der Waals surface area contributed by atoms with E-state index in [1.807, 2.05) is 0 Å². The van der Waals surface area contributed by atoms with Gasteiger partial charge in [-0.2, -0.15) is 26.3 Å². The van der Waals surface area contributed by atoms with Crippen LogP contribution in [0.5, 0.6) is 0 Å². The third kappa shape index (κ3) is 5.00. The van der Waals surface area contributed by atoms with E-state index in [0.717, 1.165) is 12.1 Å². The van der Waals surface area contributed by atoms with Gasteiger partial charge in [0.15, 0.2) is 6.61 Å². The SMILES string of the molecule is O=C(NOCC(F)(F)F)c1cc(C(F)(F)F)ccc1Br. The number of hydrogen-bond acceptors (Lipinski definition) is 2. The Morgan fingerprint density at radius 3 is 2.30 bits per heavy atom. The third-order valence-corrected chi connectivity index (χ3v) is 2.63. The molecule has 1 aromatic rings. The van der Waals surface area contributed by atoms with Crippen molar-refractivity contribution in [3.8, 4) is 0 Å². The molecule has 0 aliphatic carbocycles. The normalized spacial score (nSPS) is 12.3. The predicted molar refractivity (Wildman–Crippen MR) is 58.6 cm³/mol. The monoisotopic (exact) mass is 365 g/mol. The molecule has 112 valence electrons. The number of rotatable bonds is 3. The molecule has 0 saturated carbocycles. The summed E-state index contributed by atoms with van der Waals surface area (Å²) in [6, 6.07) is 2.18. The molecular weight excluding hydrogens is 360 g/mol. The molecule has 0 radical (unpaired) electrons. The summed E-state index contributed by atoms with van der Waals surface area (Å²) in [7, 11) is 0. The van der Waals surface area contributed by atoms with E-state index in [4.69, 9.17) is 0 Å². The van der Waals surface area contributed by atoms with Gasteiger partial charge in [-0.25, -0.2) is 5.48 Å². The molecule has 20 heavy (non-hydrogen) atoms. The molecule has 1 N–H and O–H groups in total. The van der Waals surface area contributed by atoms with Crippen molar-refractivity contribution in [3.05, 3.63) is 33.8 Å². The molecule has 1 aromatic carbocycles. The van der Waals surface area contributed by atoms with Crippen LogP contribution in [-0.4, -0.2) is 18.7 Å². The number of amides is 1. The second-order valence-electron chi connectivity index (χ2n) is 3.53. The Labute approximate surface area is 117 Å². The number of benzene rings is 1. The van der Waals surface area contributed by atoms with E-state index in [1.54, 1.807) is 0 Å². The van der Waals surface area contributed by atoms with E-state index in [2.05, 4.69) is 20.8 Å². The van der Waals surface area contributed by atoms with Crippen molar-refractivity contribution < 1.29 is 36.0 Å². The lowest BCUT2D eigenvalue weighted by atomic mass is 10.1. The number of nitrogens with one attached hydrogen (secondary N) is 1. The second-order valence-corrected chi connectivity index (χ2v) is 4.38. The van der Waals surface area contributed by atoms with Gasteiger partial charge in [-0.05, 0) is 34.1 Å². The molecule has 1 amide bonds. The molecule has 0 spiro atoms. The summed E-state index contributed by atoms with van der Waals surface area (Å²) in [6.07, 6.45) is -9.35. The van der Waals surface area contributed by atoms with Crippen LogP contribution in [0.4, 0.5) is 26.3 Å². The van der Waals surface area contributed by atoms with Gasteiger partial charge >= 0.3 is 12.4 Å². The quantitative estimate of drug-likeness (QED) is 0.655. The molecule has 10 heteroatoms. The summed E-state index contributed by atoms with van der Waals surface area (Å²) in [5.41, 5.74) is -0.189. The van der Waals surface area contributed by atoms with E-state index in [-0.39, 0.29) is 4.47 Å². The fraction of sp³-hybridized carbons (Fsp3) is 0.300. The molecule has 3 nitrogen and oxygen atoms in total. The van der Waals surface area contributed by atoms with E-state index >= 15 is 0 Å². The predicted octanol–water partition coefficient (Wildman–Crippen LogP) is 3.69. The lowest BCUT2D eigenvalue weighted by Crippen LogP contribution is -2.30. The van der Waals surface area contributed by atoms with Crippen molar-refractivity contribution in [3.63, 3.8) is 0 Å². The van der Waals surface area contributed by atoms with Crippen LogP contribution in [0.3, 0.4) is 0 Å². The van der Waals surface area contributed by atoms with Crippen molar-refractivity contribution in [2.45, 2.75) is 12.4 Å². The zero-order valence-electron chi connectivity index (χ0n) is 9.40. The van der Waals surface area contributed by atoms with Gasteiger partial charge < -0.3 is 0 Å². The van der Waals surface area contributed by atoms with Crippen molar-refractivity contribution in [2.75, 3.05) is 6.61 Å². The highest BCUT2D eigenvalue weighted by molar-refractivity contribution is 9.10. The van der Waals surface area contributed by atoms with Crippen LogP contribution in [0.1, 0.15) is 15.9 Å². The van der Waals surface area contributed by atoms with E-state index in [9.17, 15) is 31.1 Å². The van der Waals surface area contributed by atoms with Gasteiger partial charge in [0.05, 0.1) is 11.1 Å². The fourth-order valence-corrected chi connectivity index (χ4v) is 1.54. The third-order valence-electron chi connectivity index (χ3n) is 1.94. The number of alkyl halides is 6. The maximum absolute atomic E-state index is 12.4. The Kier molecular flexibility index (Phi) is 5.03. The first-order valence-electron chi connectivity index (χ1n) is 4.86. The van der Waals surface area contributed by atoms with Crippen LogP contribution in [0.15, 0.2) is 22.7 Å². The van der Waals surface area contributed by atoms with E-state index in [1.165, 1.54) is 5.48 Å². The minimum atomic E-state index is -4.68. The van der Waals surface area contributed by atoms with Gasteiger partial charge in [0.25, 0.3) is 5.91 Å². The molecule has 0 aliphatic heterocycles. The van der Waals surface area contributed by atoms with Gasteiger partial charge in [-0.3, -0.25) is 9.63 Å². The molecule has 1 rings (SSSR count). The molecule has 0 fully saturated rings. The summed E-state index contributed by atoms with van der Waals surface area (Å²) in [4.78, 5) is 15.3. The van der Waals surface area contributed by atoms with Gasteiger partial charge in [-0.15, -0.1) is 0 Å². The van der Waals surface area contributed by atoms with Crippen molar-refractivity contribution in [2.24, 2.45) is 0 Å². The first-order chi connectivity index (χ1) is 9.00. The molecule has 0 aliphatic rings. The lowest BCUT2D eigenvalue weighted by molar-refractivity contribution is -0.184. The molecule has 0 atom stereocenters. The zero-order valence-corrected chi connectivity index (χ0v) is 11.0. The maximum atomic E-state index is 12.4. The van der Waals surface area contributed by atoms with E-state index < -0.39 is 36.0 Å². The van der Waals surface area contributed by atoms with Crippen LogP contribution >= 0.6 is 15.9 Å². The van der Waals surface area contributed by atoms with Gasteiger partial charge in [0.2, 0.25) is 0 Å². The van der Waals surface area contributed by atoms with Crippen LogP contribution in [0, 0.1) is 0 Å². The standard InChI is InChI=1S/C10H6BrF6NO2/c11-7-2-1-5(10(15,16)17)3-6(7)8(19)18-20-4-9(12,13)14/h1-3H,4H2,(H,18,19). The fourth-order valence-electron chi connectivity index (χ4n) is 1.11. The molecule has 0 unspecified atom stereocenters. The minimum absolute atomic E-state index is 0.0152. The minimum Gasteiger partial charge on any atom is -0.267 e. The zero-order chi connectivity index (χ0) is 15.6. The summed E-state index contributed by atoms with van der Waals surface area (Å²) in [5, 5.41) is 0. The van der Waals surface area contributed by atoms with Crippen molar-refractivity contribution >= 4 is 21.8 Å². The number of carbonyl (C=O) groups is 1. The van der Waals surface area contributed by atoms with Gasteiger partial charge in [0, 0.05) is 4.47 Å². The highest BCUT2D eigenvalue weighted by Crippen LogP contribution is 2.31. The smallest absolute Gasteiger partial charge is 0.267 e. The van der Waals surface area contributed by atoms with E-state index in [0.29, 0.717) is 6.07 Å². The second kappa shape index (κ2) is 6.00. The first kappa shape index (κ1) is 16.8. The molecular formula is C10H6BrF6NO2. The number of hydrogen-bond donors (Lipinski definition) is 1. The van der Waals surface area contributed by atoms with Gasteiger partial charge in [0.1, 0.15) is 0 Å². The van der Waals surface area contributed by atoms with Crippen molar-refractivity contribution in [1.82, 2.24) is 5.48 Å². The Hall–Kier alpha value is -1.29. The van der Waals surface area contributed by atoms with Crippen LogP contribution in [-0.2, 0) is 11.0 Å². The Balaban J connectivity index is 2.82. The topological polar surface area (TPSA) is 38.3 Å². The summed E-state index contributed by atoms with van der Waals surface area (Å²) in [6.45, 7) is -1.75. The average Bonchev–Trinajstić information content (AvgIpc) is 2.25. The number of hydroxylamine groups is 1. The van der Waals surface area contributed by atoms with Crippen molar-refractivity contribution in [1.29, 1.82) is 0 Å². The van der Waals surface area contributed by atoms with Crippen LogP contribution < -0.4 is 5.48 Å². The number of carbonyl (C=O) groups excluding carboxylic acids is 1. The Morgan fingerprint density at radius 2 is 1.80 bits per heavy atom.